The quantitative estimate of drug-likeness (QED) is 0.386. The molecule has 0 unspecified atom stereocenters. The first-order chi connectivity index (χ1) is 15.7. The zero-order chi connectivity index (χ0) is 22.3. The predicted molar refractivity (Wildman–Crippen MR) is 125 cm³/mol. The average Bonchev–Trinajstić information content (AvgIpc) is 3.16. The number of rotatable bonds is 9. The summed E-state index contributed by atoms with van der Waals surface area (Å²) in [6.45, 7) is 3.81. The van der Waals surface area contributed by atoms with Gasteiger partial charge in [0.1, 0.15) is 12.4 Å². The Morgan fingerprint density at radius 3 is 2.53 bits per heavy atom. The Morgan fingerprint density at radius 2 is 1.75 bits per heavy atom. The van der Waals surface area contributed by atoms with Crippen molar-refractivity contribution in [1.82, 2.24) is 14.9 Å². The second-order valence-corrected chi connectivity index (χ2v) is 7.53. The molecule has 6 nitrogen and oxygen atoms in total. The molecule has 0 radical (unpaired) electrons. The maximum absolute atomic E-state index is 12.5. The molecule has 4 aromatic rings. The first-order valence-electron chi connectivity index (χ1n) is 10.5. The number of para-hydroxylation sites is 4. The molecular formula is C25H24ClN3O3. The molecule has 0 atom stereocenters. The Hall–Kier alpha value is -3.51. The highest BCUT2D eigenvalue weighted by Gasteiger charge is 2.13. The van der Waals surface area contributed by atoms with Gasteiger partial charge in [0.25, 0.3) is 5.91 Å². The summed E-state index contributed by atoms with van der Waals surface area (Å²) < 4.78 is 13.7. The van der Waals surface area contributed by atoms with Gasteiger partial charge in [0, 0.05) is 10.6 Å². The van der Waals surface area contributed by atoms with E-state index in [-0.39, 0.29) is 12.5 Å². The average molecular weight is 450 g/mol. The van der Waals surface area contributed by atoms with Gasteiger partial charge in [0.15, 0.2) is 11.5 Å². The van der Waals surface area contributed by atoms with E-state index >= 15 is 0 Å². The minimum absolute atomic E-state index is 0.201. The van der Waals surface area contributed by atoms with Crippen molar-refractivity contribution in [1.29, 1.82) is 0 Å². The van der Waals surface area contributed by atoms with Crippen molar-refractivity contribution in [2.24, 2.45) is 0 Å². The van der Waals surface area contributed by atoms with Gasteiger partial charge in [-0.1, -0.05) is 41.9 Å². The van der Waals surface area contributed by atoms with E-state index in [2.05, 4.69) is 9.88 Å². The number of benzene rings is 3. The maximum Gasteiger partial charge on any atom is 0.251 e. The fourth-order valence-electron chi connectivity index (χ4n) is 3.49. The van der Waals surface area contributed by atoms with Gasteiger partial charge in [-0.15, -0.1) is 0 Å². The number of amides is 1. The third-order valence-electron chi connectivity index (χ3n) is 4.95. The highest BCUT2D eigenvalue weighted by atomic mass is 35.5. The van der Waals surface area contributed by atoms with Gasteiger partial charge >= 0.3 is 0 Å². The number of carbonyl (C=O) groups is 1. The third kappa shape index (κ3) is 5.03. The van der Waals surface area contributed by atoms with E-state index in [1.807, 2.05) is 55.5 Å². The Bertz CT molecular complexity index is 1220. The SMILES string of the molecule is CCOc1ccccc1OCCn1c(CNC(=O)c2cccc(Cl)c2)nc2ccccc21. The highest BCUT2D eigenvalue weighted by molar-refractivity contribution is 6.30. The first kappa shape index (κ1) is 21.7. The summed E-state index contributed by atoms with van der Waals surface area (Å²) >= 11 is 6.00. The Morgan fingerprint density at radius 1 is 1.00 bits per heavy atom. The molecule has 7 heteroatoms. The van der Waals surface area contributed by atoms with Gasteiger partial charge in [-0.3, -0.25) is 4.79 Å². The number of hydrogen-bond acceptors (Lipinski definition) is 4. The van der Waals surface area contributed by atoms with E-state index in [0.29, 0.717) is 36.1 Å². The molecule has 1 amide bonds. The molecule has 0 aliphatic heterocycles. The van der Waals surface area contributed by atoms with Crippen molar-refractivity contribution in [3.63, 3.8) is 0 Å². The topological polar surface area (TPSA) is 65.4 Å². The second kappa shape index (κ2) is 10.2. The number of fused-ring (bicyclic) bond motifs is 1. The number of nitrogens with zero attached hydrogens (tertiary/aromatic N) is 2. The molecule has 0 bridgehead atoms. The van der Waals surface area contributed by atoms with Crippen molar-refractivity contribution in [2.75, 3.05) is 13.2 Å². The molecule has 4 rings (SSSR count). The monoisotopic (exact) mass is 449 g/mol. The molecule has 1 heterocycles. The summed E-state index contributed by atoms with van der Waals surface area (Å²) in [5.74, 6) is 1.98. The van der Waals surface area contributed by atoms with E-state index in [1.165, 1.54) is 0 Å². The van der Waals surface area contributed by atoms with Crippen molar-refractivity contribution in [3.05, 3.63) is 89.2 Å². The molecule has 164 valence electrons. The normalized spacial score (nSPS) is 10.8. The van der Waals surface area contributed by atoms with Crippen LogP contribution in [0.4, 0.5) is 0 Å². The number of aromatic nitrogens is 2. The smallest absolute Gasteiger partial charge is 0.251 e. The minimum atomic E-state index is -0.201. The van der Waals surface area contributed by atoms with Crippen LogP contribution in [0.5, 0.6) is 11.5 Å². The van der Waals surface area contributed by atoms with Crippen LogP contribution in [0.15, 0.2) is 72.8 Å². The number of carbonyl (C=O) groups excluding carboxylic acids is 1. The Labute approximate surface area is 191 Å². The summed E-state index contributed by atoms with van der Waals surface area (Å²) in [6, 6.07) is 22.4. The summed E-state index contributed by atoms with van der Waals surface area (Å²) in [5.41, 5.74) is 2.37. The number of halogens is 1. The zero-order valence-electron chi connectivity index (χ0n) is 17.8. The molecule has 32 heavy (non-hydrogen) atoms. The Balaban J connectivity index is 1.49. The number of nitrogens with one attached hydrogen (secondary N) is 1. The highest BCUT2D eigenvalue weighted by Crippen LogP contribution is 2.26. The van der Waals surface area contributed by atoms with Crippen LogP contribution in [0.25, 0.3) is 11.0 Å². The third-order valence-corrected chi connectivity index (χ3v) is 5.18. The van der Waals surface area contributed by atoms with E-state index in [4.69, 9.17) is 26.1 Å². The summed E-state index contributed by atoms with van der Waals surface area (Å²) in [6.07, 6.45) is 0. The van der Waals surface area contributed by atoms with Crippen LogP contribution in [0.1, 0.15) is 23.1 Å². The summed E-state index contributed by atoms with van der Waals surface area (Å²) in [7, 11) is 0. The van der Waals surface area contributed by atoms with Crippen molar-refractivity contribution in [2.45, 2.75) is 20.0 Å². The van der Waals surface area contributed by atoms with Crippen LogP contribution in [0.3, 0.4) is 0 Å². The number of ether oxygens (including phenoxy) is 2. The van der Waals surface area contributed by atoms with E-state index < -0.39 is 0 Å². The molecule has 0 saturated heterocycles. The fraction of sp³-hybridized carbons (Fsp3) is 0.200. The molecule has 0 aliphatic carbocycles. The fourth-order valence-corrected chi connectivity index (χ4v) is 3.68. The van der Waals surface area contributed by atoms with Crippen LogP contribution in [-0.4, -0.2) is 28.7 Å². The van der Waals surface area contributed by atoms with Crippen molar-refractivity contribution in [3.8, 4) is 11.5 Å². The number of imidazole rings is 1. The second-order valence-electron chi connectivity index (χ2n) is 7.09. The molecule has 3 aromatic carbocycles. The summed E-state index contributed by atoms with van der Waals surface area (Å²) in [5, 5.41) is 3.46. The van der Waals surface area contributed by atoms with Gasteiger partial charge in [0.2, 0.25) is 0 Å². The number of hydrogen-bond donors (Lipinski definition) is 1. The van der Waals surface area contributed by atoms with Crippen molar-refractivity contribution >= 4 is 28.5 Å². The molecule has 0 fully saturated rings. The maximum atomic E-state index is 12.5. The largest absolute Gasteiger partial charge is 0.490 e. The molecule has 0 saturated carbocycles. The predicted octanol–water partition coefficient (Wildman–Crippen LogP) is 5.10. The first-order valence-corrected chi connectivity index (χ1v) is 10.9. The van der Waals surface area contributed by atoms with Crippen LogP contribution in [0.2, 0.25) is 5.02 Å². The molecular weight excluding hydrogens is 426 g/mol. The minimum Gasteiger partial charge on any atom is -0.490 e. The molecule has 0 spiro atoms. The molecule has 1 N–H and O–H groups in total. The van der Waals surface area contributed by atoms with Gasteiger partial charge in [-0.05, 0) is 49.4 Å². The van der Waals surface area contributed by atoms with Crippen LogP contribution in [0, 0.1) is 0 Å². The standard InChI is InChI=1S/C25H24ClN3O3/c1-2-31-22-12-5-6-13-23(22)32-15-14-29-21-11-4-3-10-20(21)28-24(29)17-27-25(30)18-8-7-9-19(26)16-18/h3-13,16H,2,14-15,17H2,1H3,(H,27,30). The lowest BCUT2D eigenvalue weighted by atomic mass is 10.2. The molecule has 0 aliphatic rings. The van der Waals surface area contributed by atoms with Crippen LogP contribution in [-0.2, 0) is 13.1 Å². The van der Waals surface area contributed by atoms with E-state index in [0.717, 1.165) is 22.6 Å². The lowest BCUT2D eigenvalue weighted by Crippen LogP contribution is -2.25. The lowest BCUT2D eigenvalue weighted by Gasteiger charge is -2.14. The van der Waals surface area contributed by atoms with Gasteiger partial charge < -0.3 is 19.4 Å². The zero-order valence-corrected chi connectivity index (χ0v) is 18.5. The van der Waals surface area contributed by atoms with E-state index in [1.54, 1.807) is 24.3 Å². The van der Waals surface area contributed by atoms with Gasteiger partial charge in [0.05, 0.1) is 30.7 Å². The van der Waals surface area contributed by atoms with Crippen LogP contribution >= 0.6 is 11.6 Å². The van der Waals surface area contributed by atoms with E-state index in [9.17, 15) is 4.79 Å². The lowest BCUT2D eigenvalue weighted by molar-refractivity contribution is 0.0949. The van der Waals surface area contributed by atoms with Gasteiger partial charge in [-0.2, -0.15) is 0 Å². The van der Waals surface area contributed by atoms with Crippen LogP contribution < -0.4 is 14.8 Å². The summed E-state index contributed by atoms with van der Waals surface area (Å²) in [4.78, 5) is 17.3. The Kier molecular flexibility index (Phi) is 6.92. The van der Waals surface area contributed by atoms with Crippen molar-refractivity contribution < 1.29 is 14.3 Å². The van der Waals surface area contributed by atoms with Gasteiger partial charge in [-0.25, -0.2) is 4.98 Å². The molecule has 1 aromatic heterocycles.